The normalized spacial score (nSPS) is 16.1. The highest BCUT2D eigenvalue weighted by Gasteiger charge is 2.32. The summed E-state index contributed by atoms with van der Waals surface area (Å²) in [7, 11) is 0. The molecule has 4 amide bonds. The maximum atomic E-state index is 13.1. The van der Waals surface area contributed by atoms with Crippen molar-refractivity contribution in [2.75, 3.05) is 21.3 Å². The number of aryl methyl sites for hydroxylation is 4. The van der Waals surface area contributed by atoms with E-state index in [2.05, 4.69) is 127 Å². The monoisotopic (exact) mass is 1580 g/mol. The number of H-pyrrole nitrogens is 4. The molecular weight excluding hydrogens is 1480 g/mol. The molecule has 8 aromatic heterocycles. The average molecular weight is 1580 g/mol. The van der Waals surface area contributed by atoms with Gasteiger partial charge in [0.15, 0.2) is 0 Å². The van der Waals surface area contributed by atoms with Crippen molar-refractivity contribution in [3.63, 3.8) is 0 Å². The van der Waals surface area contributed by atoms with E-state index in [0.29, 0.717) is 52.6 Å². The van der Waals surface area contributed by atoms with Gasteiger partial charge in [0.25, 0.3) is 23.6 Å². The molecule has 14 N–H and O–H groups in total. The third kappa shape index (κ3) is 20.1. The summed E-state index contributed by atoms with van der Waals surface area (Å²) in [6, 6.07) is 55.3. The third-order valence-electron chi connectivity index (χ3n) is 21.8. The number of para-hydroxylation sites is 4. The van der Waals surface area contributed by atoms with E-state index < -0.39 is 6.10 Å². The predicted octanol–water partition coefficient (Wildman–Crippen LogP) is 16.2. The summed E-state index contributed by atoms with van der Waals surface area (Å²) >= 11 is 0. The van der Waals surface area contributed by atoms with E-state index in [0.717, 1.165) is 190 Å². The number of aliphatic hydroxyl groups is 2. The topological polar surface area (TPSA) is 371 Å². The number of fused-ring (bicyclic) bond motifs is 1. The maximum Gasteiger partial charge on any atom is 0.268 e. The van der Waals surface area contributed by atoms with Crippen molar-refractivity contribution in [1.82, 2.24) is 81.1 Å². The number of rotatable bonds is 20. The van der Waals surface area contributed by atoms with E-state index in [1.165, 1.54) is 11.1 Å². The van der Waals surface area contributed by atoms with Gasteiger partial charge in [-0.3, -0.25) is 19.2 Å². The number of carbonyl (C=O) groups excluding carboxylic acids is 4. The molecule has 0 radical (unpaired) electrons. The van der Waals surface area contributed by atoms with E-state index >= 15 is 0 Å². The van der Waals surface area contributed by atoms with Crippen molar-refractivity contribution in [2.45, 2.75) is 169 Å². The van der Waals surface area contributed by atoms with Gasteiger partial charge in [0.05, 0.1) is 41.0 Å². The minimum Gasteiger partial charge on any atom is -0.393 e. The molecule has 5 aromatic carbocycles. The van der Waals surface area contributed by atoms with E-state index in [1.807, 2.05) is 201 Å². The second-order valence-corrected chi connectivity index (χ2v) is 30.5. The Morgan fingerprint density at radius 3 is 0.890 bits per heavy atom. The first kappa shape index (κ1) is 81.1. The summed E-state index contributed by atoms with van der Waals surface area (Å²) in [5, 5.41) is 45.0. The highest BCUT2D eigenvalue weighted by molar-refractivity contribution is 5.99. The van der Waals surface area contributed by atoms with Crippen molar-refractivity contribution in [2.24, 2.45) is 0 Å². The summed E-state index contributed by atoms with van der Waals surface area (Å²) in [5.41, 5.74) is 22.4. The van der Waals surface area contributed by atoms with E-state index in [1.54, 1.807) is 24.8 Å². The Morgan fingerprint density at radius 1 is 0.322 bits per heavy atom. The van der Waals surface area contributed by atoms with E-state index in [9.17, 15) is 29.4 Å². The Kier molecular flexibility index (Phi) is 25.7. The molecule has 17 rings (SSSR count). The largest absolute Gasteiger partial charge is 0.393 e. The summed E-state index contributed by atoms with van der Waals surface area (Å²) < 4.78 is 0. The molecule has 118 heavy (non-hydrogen) atoms. The van der Waals surface area contributed by atoms with Gasteiger partial charge in [0.1, 0.15) is 22.8 Å². The summed E-state index contributed by atoms with van der Waals surface area (Å²) in [6.45, 7) is 15.6. The molecule has 8 heterocycles. The van der Waals surface area contributed by atoms with Gasteiger partial charge in [-0.15, -0.1) is 0 Å². The van der Waals surface area contributed by atoms with Crippen molar-refractivity contribution < 1.29 is 29.4 Å². The number of nitrogens with zero attached hydrogens (tertiary/aromatic N) is 8. The number of aromatic nitrogens is 12. The van der Waals surface area contributed by atoms with Crippen molar-refractivity contribution in [1.29, 1.82) is 0 Å². The fraction of sp³-hybridized carbons (Fsp3) is 0.283. The zero-order chi connectivity index (χ0) is 82.3. The number of aliphatic hydroxyl groups excluding tert-OH is 2. The van der Waals surface area contributed by atoms with Crippen LogP contribution in [0.5, 0.6) is 0 Å². The molecule has 3 fully saturated rings. The van der Waals surface area contributed by atoms with Gasteiger partial charge in [0, 0.05) is 111 Å². The van der Waals surface area contributed by atoms with Crippen LogP contribution in [0.2, 0.25) is 0 Å². The molecule has 26 heteroatoms. The summed E-state index contributed by atoms with van der Waals surface area (Å²) in [5.74, 6) is 1.62. The molecule has 3 saturated carbocycles. The highest BCUT2D eigenvalue weighted by Crippen LogP contribution is 2.36. The first-order valence-electron chi connectivity index (χ1n) is 40.3. The zero-order valence-electron chi connectivity index (χ0n) is 67.5. The molecule has 0 aliphatic heterocycles. The molecule has 604 valence electrons. The lowest BCUT2D eigenvalue weighted by atomic mass is 9.92. The molecule has 13 aromatic rings. The second kappa shape index (κ2) is 37.4. The van der Waals surface area contributed by atoms with Gasteiger partial charge in [-0.25, -0.2) is 39.9 Å². The lowest BCUT2D eigenvalue weighted by molar-refractivity contribution is 0.0713. The average Bonchev–Trinajstić information content (AvgIpc) is 1.66. The smallest absolute Gasteiger partial charge is 0.268 e. The molecule has 4 aliphatic carbocycles. The first-order valence-corrected chi connectivity index (χ1v) is 40.3. The predicted molar refractivity (Wildman–Crippen MR) is 461 cm³/mol. The number of nitrogens with one attached hydrogen (secondary N) is 12. The standard InChI is InChI=1S/C26H25N5O.2C23H27N5O2.C20H21N5O/c1-16-23(22-12-13-27-26(31-22)30-20-10-4-3-5-11-20)17(2)28-24(16)25(32)29-21-14-18-8-6-7-9-19(18)15-21;1-14-20(18-12-13-24-23(28-18)26-16-8-4-3-5-9-16)15(2)25-21(14)22(30)27-17-10-6-7-11-19(17)29;1-14-20(19-12-13-24-23(28-19)27-16-6-4-3-5-7-16)15(2)25-21(14)22(30)26-17-8-10-18(29)11-9-17;1-12-17(13(2)22-18(12)19(26)23-15-8-9-15)16-10-11-21-20(25-16)24-14-6-4-3-5-7-14/h3-13,21,28H,14-15H2,1-2H3,(H,29,32)(H,27,30,31);3-5,8-9,12-13,17,19,25,29H,6-7,10-11H2,1-2H3,(H,27,30)(H,24,26,28);3-7,12-13,17-18,25,29H,8-11H2,1-2H3,(H,26,30)(H,24,27,28);3-7,10-11,15,22H,8-9H2,1-2H3,(H,23,26)(H,21,24,25)/t;17-,19+;;/m.0../s1. The van der Waals surface area contributed by atoms with E-state index in [4.69, 9.17) is 0 Å². The quantitative estimate of drug-likeness (QED) is 0.0337. The Balaban J connectivity index is 0.000000130. The van der Waals surface area contributed by atoms with Gasteiger partial charge in [0.2, 0.25) is 23.8 Å². The van der Waals surface area contributed by atoms with Crippen LogP contribution < -0.4 is 42.5 Å². The van der Waals surface area contributed by atoms with Crippen LogP contribution in [0.4, 0.5) is 46.5 Å². The molecule has 0 saturated heterocycles. The number of hydrogen-bond acceptors (Lipinski definition) is 18. The van der Waals surface area contributed by atoms with Gasteiger partial charge < -0.3 is 72.7 Å². The number of benzene rings is 5. The number of carbonyl (C=O) groups is 4. The third-order valence-corrected chi connectivity index (χ3v) is 21.8. The highest BCUT2D eigenvalue weighted by atomic mass is 16.3. The Labute approximate surface area is 685 Å². The molecular formula is C92H100N20O6. The fourth-order valence-corrected chi connectivity index (χ4v) is 15.7. The number of aromatic amines is 4. The van der Waals surface area contributed by atoms with E-state index in [-0.39, 0.29) is 47.9 Å². The fourth-order valence-electron chi connectivity index (χ4n) is 15.7. The van der Waals surface area contributed by atoms with Crippen LogP contribution in [0, 0.1) is 55.4 Å². The molecule has 0 spiro atoms. The number of hydrogen-bond donors (Lipinski definition) is 14. The van der Waals surface area contributed by atoms with Gasteiger partial charge >= 0.3 is 0 Å². The van der Waals surface area contributed by atoms with Crippen LogP contribution in [0.1, 0.15) is 162 Å². The van der Waals surface area contributed by atoms with Crippen molar-refractivity contribution in [3.05, 3.63) is 274 Å². The van der Waals surface area contributed by atoms with Crippen LogP contribution in [0.3, 0.4) is 0 Å². The molecule has 0 bridgehead atoms. The van der Waals surface area contributed by atoms with Gasteiger partial charge in [-0.2, -0.15) is 0 Å². The molecule has 26 nitrogen and oxygen atoms in total. The SMILES string of the molecule is Cc1[nH]c(C(=O)NC2CC2)c(C)c1-c1ccnc(Nc2ccccc2)n1.Cc1[nH]c(C(=O)NC2CCC(O)CC2)c(C)c1-c1ccnc(Nc2ccccc2)n1.Cc1[nH]c(C(=O)NC2Cc3ccccc3C2)c(C)c1-c1ccnc(Nc2ccccc2)n1.Cc1[nH]c(C(=O)N[C@H]2CCCC[C@H]2O)c(C)c1-c1ccnc(Nc2ccccc2)n1. The van der Waals surface area contributed by atoms with Crippen LogP contribution in [0.15, 0.2) is 195 Å². The number of amides is 4. The van der Waals surface area contributed by atoms with Crippen LogP contribution in [0.25, 0.3) is 45.0 Å². The van der Waals surface area contributed by atoms with Crippen LogP contribution >= 0.6 is 0 Å². The second-order valence-electron chi connectivity index (χ2n) is 30.5. The van der Waals surface area contributed by atoms with Crippen LogP contribution in [-0.4, -0.2) is 130 Å². The zero-order valence-corrected chi connectivity index (χ0v) is 67.5. The Morgan fingerprint density at radius 2 is 0.593 bits per heavy atom. The van der Waals surface area contributed by atoms with Crippen molar-refractivity contribution >= 4 is 70.2 Å². The minimum atomic E-state index is -0.480. The molecule has 4 aliphatic rings. The van der Waals surface area contributed by atoms with Gasteiger partial charge in [-0.1, -0.05) is 110 Å². The lowest BCUT2D eigenvalue weighted by Gasteiger charge is -2.28. The van der Waals surface area contributed by atoms with Crippen LogP contribution in [-0.2, 0) is 12.8 Å². The van der Waals surface area contributed by atoms with Gasteiger partial charge in [-0.05, 0) is 226 Å². The summed E-state index contributed by atoms with van der Waals surface area (Å²) in [6.07, 6.45) is 16.7. The Hall–Kier alpha value is -13.5. The Bertz CT molecular complexity index is 5630. The summed E-state index contributed by atoms with van der Waals surface area (Å²) in [4.78, 5) is 100. The lowest BCUT2D eigenvalue weighted by Crippen LogP contribution is -2.45. The minimum absolute atomic E-state index is 0.0453. The maximum absolute atomic E-state index is 13.1. The number of anilines is 8. The van der Waals surface area contributed by atoms with Crippen molar-refractivity contribution in [3.8, 4) is 45.0 Å². The molecule has 0 unspecified atom stereocenters. The first-order chi connectivity index (χ1) is 57.2. The molecule has 2 atom stereocenters.